The van der Waals surface area contributed by atoms with Crippen molar-refractivity contribution < 1.29 is 0 Å². The topological polar surface area (TPSA) is 42.7 Å². The van der Waals surface area contributed by atoms with Crippen molar-refractivity contribution in [1.82, 2.24) is 19.5 Å². The van der Waals surface area contributed by atoms with E-state index in [1.54, 1.807) is 11.9 Å². The molecule has 0 unspecified atom stereocenters. The lowest BCUT2D eigenvalue weighted by atomic mass is 10.0. The van der Waals surface area contributed by atoms with Crippen molar-refractivity contribution >= 4 is 22.9 Å². The monoisotopic (exact) mass is 346 g/mol. The molecular weight excluding hydrogens is 328 g/mol. The normalized spacial score (nSPS) is 11.1. The van der Waals surface area contributed by atoms with Gasteiger partial charge in [0.15, 0.2) is 0 Å². The number of aromatic nitrogens is 3. The van der Waals surface area contributed by atoms with E-state index in [-0.39, 0.29) is 0 Å². The van der Waals surface area contributed by atoms with Gasteiger partial charge >= 0.3 is 0 Å². The van der Waals surface area contributed by atoms with Gasteiger partial charge in [0.05, 0.1) is 11.7 Å². The lowest BCUT2D eigenvalue weighted by molar-refractivity contribution is 0.797. The molecule has 0 saturated heterocycles. The van der Waals surface area contributed by atoms with Crippen LogP contribution in [-0.2, 0) is 13.6 Å². The van der Waals surface area contributed by atoms with Crippen molar-refractivity contribution in [2.45, 2.75) is 11.4 Å². The molecule has 2 heterocycles. The van der Waals surface area contributed by atoms with E-state index in [1.807, 2.05) is 42.5 Å². The molecule has 2 aromatic heterocycles. The number of nitrogens with zero attached hydrogens (tertiary/aromatic N) is 3. The van der Waals surface area contributed by atoms with Gasteiger partial charge in [0.25, 0.3) is 0 Å². The highest BCUT2D eigenvalue weighted by molar-refractivity contribution is 7.97. The Kier molecular flexibility index (Phi) is 4.50. The third-order valence-electron chi connectivity index (χ3n) is 4.15. The minimum absolute atomic E-state index is 0.812. The van der Waals surface area contributed by atoms with E-state index in [0.717, 1.165) is 17.4 Å². The average molecular weight is 346 g/mol. The van der Waals surface area contributed by atoms with Gasteiger partial charge in [-0.25, -0.2) is 0 Å². The zero-order valence-electron chi connectivity index (χ0n) is 13.9. The Hall–Kier alpha value is -2.63. The fourth-order valence-corrected chi connectivity index (χ4v) is 3.44. The Labute approximate surface area is 151 Å². The maximum absolute atomic E-state index is 4.30. The fourth-order valence-electron chi connectivity index (χ4n) is 2.76. The molecule has 4 rings (SSSR count). The molecule has 0 atom stereocenters. The number of benzene rings is 2. The van der Waals surface area contributed by atoms with E-state index in [9.17, 15) is 0 Å². The van der Waals surface area contributed by atoms with Crippen LogP contribution in [0.15, 0.2) is 78.1 Å². The first-order valence-corrected chi connectivity index (χ1v) is 8.92. The van der Waals surface area contributed by atoms with Crippen LogP contribution < -0.4 is 4.72 Å². The average Bonchev–Trinajstić information content (AvgIpc) is 3.04. The van der Waals surface area contributed by atoms with Crippen molar-refractivity contribution in [2.75, 3.05) is 0 Å². The molecular formula is C20H18N4S. The van der Waals surface area contributed by atoms with Crippen LogP contribution in [0, 0.1) is 0 Å². The molecule has 0 amide bonds. The van der Waals surface area contributed by atoms with Gasteiger partial charge in [-0.15, -0.1) is 0 Å². The number of rotatable bonds is 5. The number of hydrogen-bond donors (Lipinski definition) is 1. The van der Waals surface area contributed by atoms with Crippen LogP contribution in [0.25, 0.3) is 22.0 Å². The molecule has 4 nitrogen and oxygen atoms in total. The molecule has 0 aliphatic carbocycles. The highest BCUT2D eigenvalue weighted by Crippen LogP contribution is 2.26. The molecule has 0 spiro atoms. The van der Waals surface area contributed by atoms with Crippen LogP contribution in [0.3, 0.4) is 0 Å². The van der Waals surface area contributed by atoms with E-state index in [4.69, 9.17) is 0 Å². The molecule has 4 aromatic rings. The molecule has 0 saturated carbocycles. The molecule has 5 heteroatoms. The number of hydrogen-bond acceptors (Lipinski definition) is 4. The number of pyridine rings is 1. The molecule has 2 aromatic carbocycles. The SMILES string of the molecule is Cn1ncc2cc(-c3ccc(SNCc4ccncc4)cc3)ccc21. The summed E-state index contributed by atoms with van der Waals surface area (Å²) >= 11 is 1.64. The van der Waals surface area contributed by atoms with Gasteiger partial charge in [-0.05, 0) is 65.0 Å². The summed E-state index contributed by atoms with van der Waals surface area (Å²) in [5.74, 6) is 0. The fraction of sp³-hybridized carbons (Fsp3) is 0.100. The first kappa shape index (κ1) is 15.9. The molecule has 0 bridgehead atoms. The van der Waals surface area contributed by atoms with Crippen molar-refractivity contribution in [3.8, 4) is 11.1 Å². The van der Waals surface area contributed by atoms with Crippen molar-refractivity contribution in [1.29, 1.82) is 0 Å². The third kappa shape index (κ3) is 3.57. The summed E-state index contributed by atoms with van der Waals surface area (Å²) in [6.07, 6.45) is 5.54. The summed E-state index contributed by atoms with van der Waals surface area (Å²) in [7, 11) is 1.97. The number of aryl methyl sites for hydroxylation is 1. The van der Waals surface area contributed by atoms with Gasteiger partial charge in [0.1, 0.15) is 0 Å². The summed E-state index contributed by atoms with van der Waals surface area (Å²) in [4.78, 5) is 5.23. The van der Waals surface area contributed by atoms with E-state index < -0.39 is 0 Å². The largest absolute Gasteiger partial charge is 0.268 e. The summed E-state index contributed by atoms with van der Waals surface area (Å²) in [5, 5.41) is 5.47. The van der Waals surface area contributed by atoms with Gasteiger partial charge in [-0.1, -0.05) is 18.2 Å². The highest BCUT2D eigenvalue weighted by atomic mass is 32.2. The Bertz CT molecular complexity index is 978. The van der Waals surface area contributed by atoms with Crippen LogP contribution in [0.5, 0.6) is 0 Å². The van der Waals surface area contributed by atoms with Crippen LogP contribution >= 0.6 is 11.9 Å². The van der Waals surface area contributed by atoms with Crippen LogP contribution in [-0.4, -0.2) is 14.8 Å². The predicted molar refractivity (Wildman–Crippen MR) is 103 cm³/mol. The van der Waals surface area contributed by atoms with E-state index in [0.29, 0.717) is 0 Å². The predicted octanol–water partition coefficient (Wildman–Crippen LogP) is 4.43. The van der Waals surface area contributed by atoms with Crippen molar-refractivity contribution in [2.24, 2.45) is 7.05 Å². The summed E-state index contributed by atoms with van der Waals surface area (Å²) in [6, 6.07) is 19.1. The lowest BCUT2D eigenvalue weighted by Gasteiger charge is -2.06. The summed E-state index contributed by atoms with van der Waals surface area (Å²) in [6.45, 7) is 0.812. The Balaban J connectivity index is 1.43. The Morgan fingerprint density at radius 1 is 0.960 bits per heavy atom. The molecule has 0 aliphatic heterocycles. The van der Waals surface area contributed by atoms with Gasteiger partial charge < -0.3 is 0 Å². The van der Waals surface area contributed by atoms with Crippen LogP contribution in [0.4, 0.5) is 0 Å². The molecule has 0 aliphatic rings. The maximum atomic E-state index is 4.30. The van der Waals surface area contributed by atoms with E-state index >= 15 is 0 Å². The molecule has 124 valence electrons. The first-order chi connectivity index (χ1) is 12.3. The molecule has 25 heavy (non-hydrogen) atoms. The minimum atomic E-state index is 0.812. The smallest absolute Gasteiger partial charge is 0.0679 e. The van der Waals surface area contributed by atoms with Gasteiger partial charge in [-0.2, -0.15) is 5.10 Å². The maximum Gasteiger partial charge on any atom is 0.0679 e. The second-order valence-corrected chi connectivity index (χ2v) is 6.81. The van der Waals surface area contributed by atoms with Gasteiger partial charge in [0.2, 0.25) is 0 Å². The zero-order chi connectivity index (χ0) is 17.1. The Morgan fingerprint density at radius 2 is 1.72 bits per heavy atom. The first-order valence-electron chi connectivity index (χ1n) is 8.10. The highest BCUT2D eigenvalue weighted by Gasteiger charge is 2.03. The Morgan fingerprint density at radius 3 is 2.52 bits per heavy atom. The molecule has 1 N–H and O–H groups in total. The summed E-state index contributed by atoms with van der Waals surface area (Å²) in [5.41, 5.74) is 4.80. The second kappa shape index (κ2) is 7.09. The van der Waals surface area contributed by atoms with E-state index in [1.165, 1.54) is 21.6 Å². The summed E-state index contributed by atoms with van der Waals surface area (Å²) < 4.78 is 5.28. The van der Waals surface area contributed by atoms with E-state index in [2.05, 4.69) is 57.3 Å². The zero-order valence-corrected chi connectivity index (χ0v) is 14.7. The molecule has 0 radical (unpaired) electrons. The van der Waals surface area contributed by atoms with Crippen LogP contribution in [0.2, 0.25) is 0 Å². The second-order valence-electron chi connectivity index (χ2n) is 5.84. The van der Waals surface area contributed by atoms with Crippen molar-refractivity contribution in [3.05, 3.63) is 78.8 Å². The van der Waals surface area contributed by atoms with Gasteiger partial charge in [-0.3, -0.25) is 14.4 Å². The van der Waals surface area contributed by atoms with Crippen LogP contribution in [0.1, 0.15) is 5.56 Å². The lowest BCUT2D eigenvalue weighted by Crippen LogP contribution is -2.02. The third-order valence-corrected chi connectivity index (χ3v) is 4.95. The standard InChI is InChI=1S/C20H18N4S/c1-24-20-7-4-17(12-18(20)14-22-24)16-2-5-19(6-3-16)25-23-13-15-8-10-21-11-9-15/h2-12,14,23H,13H2,1H3. The van der Waals surface area contributed by atoms with Gasteiger partial charge in [0, 0.05) is 36.3 Å². The quantitative estimate of drug-likeness (QED) is 0.543. The number of fused-ring (bicyclic) bond motifs is 1. The minimum Gasteiger partial charge on any atom is -0.268 e. The number of nitrogens with one attached hydrogen (secondary N) is 1. The van der Waals surface area contributed by atoms with Crippen molar-refractivity contribution in [3.63, 3.8) is 0 Å². The molecule has 0 fully saturated rings.